The molecule has 0 aliphatic carbocycles. The number of sulfonamides is 1. The second-order valence-corrected chi connectivity index (χ2v) is 9.41. The van der Waals surface area contributed by atoms with Gasteiger partial charge in [0.25, 0.3) is 5.91 Å². The molecule has 4 rings (SSSR count). The van der Waals surface area contributed by atoms with Gasteiger partial charge in [-0.2, -0.15) is 4.31 Å². The number of aryl methyl sites for hydroxylation is 2. The van der Waals surface area contributed by atoms with Crippen LogP contribution in [-0.4, -0.2) is 41.8 Å². The van der Waals surface area contributed by atoms with Crippen LogP contribution in [0.3, 0.4) is 0 Å². The van der Waals surface area contributed by atoms with Crippen molar-refractivity contribution in [1.29, 1.82) is 0 Å². The highest BCUT2D eigenvalue weighted by atomic mass is 32.2. The highest BCUT2D eigenvalue weighted by molar-refractivity contribution is 7.89. The van der Waals surface area contributed by atoms with Gasteiger partial charge in [-0.1, -0.05) is 6.07 Å². The van der Waals surface area contributed by atoms with Crippen LogP contribution in [0.15, 0.2) is 41.3 Å². The number of carbonyl (C=O) groups excluding carboxylic acids is 1. The number of carbonyl (C=O) groups is 1. The van der Waals surface area contributed by atoms with Gasteiger partial charge >= 0.3 is 0 Å². The maximum Gasteiger partial charge on any atom is 0.272 e. The van der Waals surface area contributed by atoms with Crippen LogP contribution in [0.4, 0.5) is 5.69 Å². The van der Waals surface area contributed by atoms with Crippen molar-refractivity contribution in [2.75, 3.05) is 18.4 Å². The number of nitrogens with one attached hydrogen (secondary N) is 2. The predicted molar refractivity (Wildman–Crippen MR) is 112 cm³/mol. The van der Waals surface area contributed by atoms with E-state index in [4.69, 9.17) is 0 Å². The monoisotopic (exact) mass is 413 g/mol. The van der Waals surface area contributed by atoms with Crippen molar-refractivity contribution < 1.29 is 18.3 Å². The Morgan fingerprint density at radius 3 is 2.55 bits per heavy atom. The molecule has 1 fully saturated rings. The quantitative estimate of drug-likeness (QED) is 0.570. The number of amides is 1. The van der Waals surface area contributed by atoms with Gasteiger partial charge < -0.3 is 15.4 Å². The molecule has 0 unspecified atom stereocenters. The molecule has 1 aromatic heterocycles. The summed E-state index contributed by atoms with van der Waals surface area (Å²) in [5, 5.41) is 13.7. The number of H-pyrrole nitrogens is 1. The van der Waals surface area contributed by atoms with Gasteiger partial charge in [0, 0.05) is 24.0 Å². The number of aromatic hydroxyl groups is 1. The van der Waals surface area contributed by atoms with E-state index in [1.807, 2.05) is 26.0 Å². The van der Waals surface area contributed by atoms with Gasteiger partial charge in [-0.25, -0.2) is 8.42 Å². The Bertz CT molecular complexity index is 1210. The largest absolute Gasteiger partial charge is 0.506 e. The third kappa shape index (κ3) is 3.61. The molecule has 2 aromatic carbocycles. The van der Waals surface area contributed by atoms with Crippen LogP contribution < -0.4 is 5.32 Å². The third-order valence-corrected chi connectivity index (χ3v) is 7.15. The van der Waals surface area contributed by atoms with Crippen molar-refractivity contribution >= 4 is 32.5 Å². The Kier molecular flexibility index (Phi) is 4.84. The lowest BCUT2D eigenvalue weighted by molar-refractivity contribution is 0.102. The first kappa shape index (κ1) is 19.5. The molecule has 29 heavy (non-hydrogen) atoms. The fraction of sp³-hybridized carbons (Fsp3) is 0.286. The van der Waals surface area contributed by atoms with E-state index in [9.17, 15) is 18.3 Å². The summed E-state index contributed by atoms with van der Waals surface area (Å²) in [6.07, 6.45) is 1.67. The number of anilines is 1. The van der Waals surface area contributed by atoms with Crippen molar-refractivity contribution in [1.82, 2.24) is 9.29 Å². The van der Waals surface area contributed by atoms with E-state index in [0.29, 0.717) is 18.8 Å². The number of fused-ring (bicyclic) bond motifs is 1. The summed E-state index contributed by atoms with van der Waals surface area (Å²) in [5.74, 6) is -0.647. The van der Waals surface area contributed by atoms with E-state index in [1.165, 1.54) is 22.5 Å². The van der Waals surface area contributed by atoms with Crippen molar-refractivity contribution in [3.63, 3.8) is 0 Å². The second-order valence-electron chi connectivity index (χ2n) is 7.47. The standard InChI is InChI=1S/C21H23N3O4S/c1-13-9-14(2)16-12-19(22-17(16)10-13)21(26)23-18-11-15(5-6-20(18)25)29(27,28)24-7-3-4-8-24/h5-6,9-12,22,25H,3-4,7-8H2,1-2H3,(H,23,26). The predicted octanol–water partition coefficient (Wildman–Crippen LogP) is 3.53. The molecule has 0 atom stereocenters. The van der Waals surface area contributed by atoms with E-state index in [2.05, 4.69) is 10.3 Å². The van der Waals surface area contributed by atoms with Gasteiger partial charge in [-0.3, -0.25) is 4.79 Å². The van der Waals surface area contributed by atoms with Crippen LogP contribution in [0.2, 0.25) is 0 Å². The number of benzene rings is 2. The first-order valence-electron chi connectivity index (χ1n) is 9.50. The van der Waals surface area contributed by atoms with Gasteiger partial charge in [-0.05, 0) is 68.1 Å². The molecule has 3 aromatic rings. The van der Waals surface area contributed by atoms with Crippen molar-refractivity contribution in [3.05, 3.63) is 53.2 Å². The lowest BCUT2D eigenvalue weighted by Crippen LogP contribution is -2.28. The van der Waals surface area contributed by atoms with Crippen LogP contribution in [0.1, 0.15) is 34.5 Å². The first-order valence-corrected chi connectivity index (χ1v) is 10.9. The molecule has 1 aliphatic rings. The Morgan fingerprint density at radius 2 is 1.83 bits per heavy atom. The molecule has 8 heteroatoms. The molecular weight excluding hydrogens is 390 g/mol. The maximum atomic E-state index is 12.8. The number of phenolic OH excluding ortho intramolecular Hbond substituents is 1. The average molecular weight is 413 g/mol. The normalized spacial score (nSPS) is 15.1. The summed E-state index contributed by atoms with van der Waals surface area (Å²) in [6, 6.07) is 9.70. The molecule has 0 saturated carbocycles. The first-order chi connectivity index (χ1) is 13.8. The summed E-state index contributed by atoms with van der Waals surface area (Å²) in [4.78, 5) is 15.9. The molecule has 3 N–H and O–H groups in total. The minimum Gasteiger partial charge on any atom is -0.506 e. The molecule has 0 radical (unpaired) electrons. The summed E-state index contributed by atoms with van der Waals surface area (Å²) in [6.45, 7) is 4.93. The van der Waals surface area contributed by atoms with Crippen LogP contribution in [0.25, 0.3) is 10.9 Å². The highest BCUT2D eigenvalue weighted by Gasteiger charge is 2.28. The van der Waals surface area contributed by atoms with Crippen molar-refractivity contribution in [2.45, 2.75) is 31.6 Å². The maximum absolute atomic E-state index is 12.8. The summed E-state index contributed by atoms with van der Waals surface area (Å²) in [7, 11) is -3.65. The molecule has 1 saturated heterocycles. The van der Waals surface area contributed by atoms with E-state index in [0.717, 1.165) is 34.9 Å². The zero-order valence-electron chi connectivity index (χ0n) is 16.3. The number of aromatic amines is 1. The Hall–Kier alpha value is -2.84. The lowest BCUT2D eigenvalue weighted by atomic mass is 10.1. The molecule has 1 aliphatic heterocycles. The Balaban J connectivity index is 1.64. The smallest absolute Gasteiger partial charge is 0.272 e. The highest BCUT2D eigenvalue weighted by Crippen LogP contribution is 2.30. The third-order valence-electron chi connectivity index (χ3n) is 5.25. The minimum atomic E-state index is -3.65. The van der Waals surface area contributed by atoms with Gasteiger partial charge in [0.2, 0.25) is 10.0 Å². The van der Waals surface area contributed by atoms with E-state index in [-0.39, 0.29) is 16.3 Å². The number of aromatic nitrogens is 1. The van der Waals surface area contributed by atoms with E-state index in [1.54, 1.807) is 6.07 Å². The summed E-state index contributed by atoms with van der Waals surface area (Å²) in [5.41, 5.74) is 3.38. The zero-order chi connectivity index (χ0) is 20.8. The number of hydrogen-bond donors (Lipinski definition) is 3. The molecule has 1 amide bonds. The Morgan fingerprint density at radius 1 is 1.10 bits per heavy atom. The number of hydrogen-bond acceptors (Lipinski definition) is 4. The molecule has 0 spiro atoms. The van der Waals surface area contributed by atoms with Gasteiger partial charge in [0.1, 0.15) is 11.4 Å². The van der Waals surface area contributed by atoms with Crippen molar-refractivity contribution in [3.8, 4) is 5.75 Å². The number of nitrogens with zero attached hydrogens (tertiary/aromatic N) is 1. The molecule has 0 bridgehead atoms. The van der Waals surface area contributed by atoms with Crippen molar-refractivity contribution in [2.24, 2.45) is 0 Å². The van der Waals surface area contributed by atoms with Crippen LogP contribution >= 0.6 is 0 Å². The lowest BCUT2D eigenvalue weighted by Gasteiger charge is -2.16. The number of rotatable bonds is 4. The van der Waals surface area contributed by atoms with Crippen LogP contribution in [-0.2, 0) is 10.0 Å². The summed E-state index contributed by atoms with van der Waals surface area (Å²) >= 11 is 0. The van der Waals surface area contributed by atoms with E-state index >= 15 is 0 Å². The SMILES string of the molecule is Cc1cc(C)c2cc(C(=O)Nc3cc(S(=O)(=O)N4CCCC4)ccc3O)[nH]c2c1. The Labute approximate surface area is 169 Å². The van der Waals surface area contributed by atoms with Gasteiger partial charge in [0.05, 0.1) is 10.6 Å². The fourth-order valence-electron chi connectivity index (χ4n) is 3.76. The van der Waals surface area contributed by atoms with Crippen LogP contribution in [0.5, 0.6) is 5.75 Å². The van der Waals surface area contributed by atoms with Gasteiger partial charge in [0.15, 0.2) is 0 Å². The molecule has 2 heterocycles. The number of phenols is 1. The van der Waals surface area contributed by atoms with Gasteiger partial charge in [-0.15, -0.1) is 0 Å². The van der Waals surface area contributed by atoms with E-state index < -0.39 is 15.9 Å². The zero-order valence-corrected chi connectivity index (χ0v) is 17.1. The molecule has 7 nitrogen and oxygen atoms in total. The summed E-state index contributed by atoms with van der Waals surface area (Å²) < 4.78 is 27.0. The molecule has 152 valence electrons. The fourth-order valence-corrected chi connectivity index (χ4v) is 5.31. The minimum absolute atomic E-state index is 0.0515. The average Bonchev–Trinajstić information content (AvgIpc) is 3.33. The topological polar surface area (TPSA) is 102 Å². The molecular formula is C21H23N3O4S. The second kappa shape index (κ2) is 7.20. The van der Waals surface area contributed by atoms with Crippen LogP contribution in [0, 0.1) is 13.8 Å².